The van der Waals surface area contributed by atoms with Gasteiger partial charge in [-0.2, -0.15) is 5.10 Å². The van der Waals surface area contributed by atoms with E-state index >= 15 is 0 Å². The molecule has 2 aromatic carbocycles. The van der Waals surface area contributed by atoms with Crippen LogP contribution in [0.2, 0.25) is 0 Å². The molecule has 188 valence electrons. The van der Waals surface area contributed by atoms with Crippen molar-refractivity contribution in [2.45, 2.75) is 20.1 Å². The van der Waals surface area contributed by atoms with Crippen molar-refractivity contribution in [3.8, 4) is 22.8 Å². The number of hydrogen-bond acceptors (Lipinski definition) is 7. The smallest absolute Gasteiger partial charge is 0.295 e. The van der Waals surface area contributed by atoms with Gasteiger partial charge in [-0.3, -0.25) is 9.59 Å². The number of benzene rings is 2. The molecular weight excluding hydrogens is 484 g/mol. The molecule has 0 saturated carbocycles. The molecule has 0 saturated heterocycles. The fraction of sp³-hybridized carbons (Fsp3) is 0.240. The molecule has 0 aliphatic carbocycles. The Hall–Kier alpha value is -3.96. The van der Waals surface area contributed by atoms with E-state index in [1.54, 1.807) is 41.8 Å². The highest BCUT2D eigenvalue weighted by Crippen LogP contribution is 2.38. The summed E-state index contributed by atoms with van der Waals surface area (Å²) in [6, 6.07) is 16.4. The van der Waals surface area contributed by atoms with Crippen LogP contribution in [0.3, 0.4) is 0 Å². The molecule has 0 bridgehead atoms. The lowest BCUT2D eigenvalue weighted by Gasteiger charge is -2.23. The zero-order chi connectivity index (χ0) is 25.8. The zero-order valence-corrected chi connectivity index (χ0v) is 20.8. The Morgan fingerprint density at radius 2 is 1.94 bits per heavy atom. The third-order valence-corrected chi connectivity index (χ3v) is 6.30. The Morgan fingerprint density at radius 3 is 2.61 bits per heavy atom. The predicted molar refractivity (Wildman–Crippen MR) is 137 cm³/mol. The van der Waals surface area contributed by atoms with E-state index in [0.717, 1.165) is 0 Å². The summed E-state index contributed by atoms with van der Waals surface area (Å²) in [5.74, 6) is 1.03. The first kappa shape index (κ1) is 25.1. The van der Waals surface area contributed by atoms with Gasteiger partial charge in [0.2, 0.25) is 0 Å². The summed E-state index contributed by atoms with van der Waals surface area (Å²) in [4.78, 5) is 25.7. The van der Waals surface area contributed by atoms with E-state index in [0.29, 0.717) is 52.4 Å². The SMILES string of the molecule is CCN(CS(=O)O)c1ccc(Oc2ccccc2)c(-c2nn(C)c(=O)c3c2ccn3C(C)OC=O)c1. The molecule has 2 heterocycles. The normalized spacial score (nSPS) is 12.8. The second kappa shape index (κ2) is 10.8. The van der Waals surface area contributed by atoms with Crippen molar-refractivity contribution >= 4 is 34.1 Å². The van der Waals surface area contributed by atoms with Gasteiger partial charge in [0.05, 0.1) is 0 Å². The van der Waals surface area contributed by atoms with Crippen molar-refractivity contribution in [3.05, 3.63) is 71.1 Å². The largest absolute Gasteiger partial charge is 0.457 e. The van der Waals surface area contributed by atoms with E-state index in [1.807, 2.05) is 49.4 Å². The van der Waals surface area contributed by atoms with Gasteiger partial charge in [0.25, 0.3) is 12.0 Å². The molecule has 1 N–H and O–H groups in total. The number of nitrogens with zero attached hydrogens (tertiary/aromatic N) is 4. The standard InChI is InChI=1S/C25H26N4O6S/c1-4-28(15-36(32)33)18-10-11-22(35-19-8-6-5-7-9-19)21(14-18)23-20-12-13-29(17(2)34-16-30)24(20)25(31)27(3)26-23/h5-14,16-17H,4,15H2,1-3H3,(H,32,33). The first-order valence-electron chi connectivity index (χ1n) is 11.2. The summed E-state index contributed by atoms with van der Waals surface area (Å²) in [7, 11) is 1.54. The highest BCUT2D eigenvalue weighted by Gasteiger charge is 2.22. The van der Waals surface area contributed by atoms with Crippen molar-refractivity contribution < 1.29 is 23.0 Å². The van der Waals surface area contributed by atoms with Gasteiger partial charge >= 0.3 is 0 Å². The van der Waals surface area contributed by atoms with Crippen LogP contribution in [0, 0.1) is 0 Å². The summed E-state index contributed by atoms with van der Waals surface area (Å²) < 4.78 is 35.1. The number of anilines is 1. The second-order valence-corrected chi connectivity index (χ2v) is 8.90. The van der Waals surface area contributed by atoms with Crippen molar-refractivity contribution in [1.29, 1.82) is 0 Å². The number of hydrogen-bond donors (Lipinski definition) is 1. The minimum Gasteiger partial charge on any atom is -0.457 e. The van der Waals surface area contributed by atoms with E-state index in [1.165, 1.54) is 4.68 Å². The average molecular weight is 511 g/mol. The van der Waals surface area contributed by atoms with E-state index in [9.17, 15) is 18.4 Å². The Balaban J connectivity index is 1.96. The van der Waals surface area contributed by atoms with Crippen LogP contribution in [0.25, 0.3) is 22.2 Å². The van der Waals surface area contributed by atoms with Crippen molar-refractivity contribution in [1.82, 2.24) is 14.3 Å². The fourth-order valence-electron chi connectivity index (χ4n) is 4.00. The number of aryl methyl sites for hydroxylation is 1. The summed E-state index contributed by atoms with van der Waals surface area (Å²) >= 11 is -2.03. The Bertz CT molecular complexity index is 1470. The van der Waals surface area contributed by atoms with Crippen LogP contribution in [0.1, 0.15) is 20.1 Å². The van der Waals surface area contributed by atoms with E-state index in [4.69, 9.17) is 9.47 Å². The van der Waals surface area contributed by atoms with E-state index in [-0.39, 0.29) is 11.4 Å². The number of para-hydroxylation sites is 1. The van der Waals surface area contributed by atoms with Crippen molar-refractivity contribution in [3.63, 3.8) is 0 Å². The molecule has 2 atom stereocenters. The molecule has 2 unspecified atom stereocenters. The van der Waals surface area contributed by atoms with Crippen LogP contribution in [0.5, 0.6) is 11.5 Å². The monoisotopic (exact) mass is 510 g/mol. The topological polar surface area (TPSA) is 116 Å². The molecule has 36 heavy (non-hydrogen) atoms. The maximum atomic E-state index is 13.1. The number of aromatic nitrogens is 3. The number of rotatable bonds is 10. The van der Waals surface area contributed by atoms with E-state index in [2.05, 4.69) is 5.10 Å². The number of fused-ring (bicyclic) bond motifs is 1. The Kier molecular flexibility index (Phi) is 7.51. The maximum Gasteiger partial charge on any atom is 0.295 e. The van der Waals surface area contributed by atoms with Gasteiger partial charge < -0.3 is 23.5 Å². The lowest BCUT2D eigenvalue weighted by atomic mass is 10.1. The molecule has 11 heteroatoms. The third kappa shape index (κ3) is 5.02. The number of ether oxygens (including phenoxy) is 2. The van der Waals surface area contributed by atoms with Crippen molar-refractivity contribution in [2.75, 3.05) is 17.3 Å². The summed E-state index contributed by atoms with van der Waals surface area (Å²) in [6.45, 7) is 4.38. The quantitative estimate of drug-likeness (QED) is 0.252. The molecular formula is C25H26N4O6S. The van der Waals surface area contributed by atoms with Crippen LogP contribution >= 0.6 is 0 Å². The van der Waals surface area contributed by atoms with Gasteiger partial charge in [-0.1, -0.05) is 18.2 Å². The molecule has 0 aliphatic rings. The molecule has 0 fully saturated rings. The molecule has 4 aromatic rings. The van der Waals surface area contributed by atoms with Gasteiger partial charge in [-0.15, -0.1) is 0 Å². The van der Waals surface area contributed by atoms with Crippen LogP contribution in [0.15, 0.2) is 65.6 Å². The van der Waals surface area contributed by atoms with Crippen LogP contribution in [-0.2, 0) is 27.7 Å². The minimum absolute atomic E-state index is 0.0676. The molecule has 0 radical (unpaired) electrons. The number of carbonyl (C=O) groups excluding carboxylic acids is 1. The van der Waals surface area contributed by atoms with Gasteiger partial charge in [-0.25, -0.2) is 8.89 Å². The summed E-state index contributed by atoms with van der Waals surface area (Å²) in [5.41, 5.74) is 1.71. The summed E-state index contributed by atoms with van der Waals surface area (Å²) in [6.07, 6.45) is 0.963. The first-order chi connectivity index (χ1) is 17.3. The zero-order valence-electron chi connectivity index (χ0n) is 20.0. The average Bonchev–Trinajstić information content (AvgIpc) is 3.31. The Labute approximate surface area is 210 Å². The molecule has 0 amide bonds. The molecule has 10 nitrogen and oxygen atoms in total. The molecule has 4 rings (SSSR count). The van der Waals surface area contributed by atoms with Crippen LogP contribution < -0.4 is 15.2 Å². The van der Waals surface area contributed by atoms with E-state index < -0.39 is 17.3 Å². The molecule has 2 aromatic heterocycles. The molecule has 0 aliphatic heterocycles. The Morgan fingerprint density at radius 1 is 1.19 bits per heavy atom. The first-order valence-corrected chi connectivity index (χ1v) is 12.5. The highest BCUT2D eigenvalue weighted by atomic mass is 32.2. The number of carbonyl (C=O) groups is 1. The molecule has 0 spiro atoms. The minimum atomic E-state index is -2.03. The highest BCUT2D eigenvalue weighted by molar-refractivity contribution is 7.79. The second-order valence-electron chi connectivity index (χ2n) is 8.00. The predicted octanol–water partition coefficient (Wildman–Crippen LogP) is 3.89. The summed E-state index contributed by atoms with van der Waals surface area (Å²) in [5, 5.41) is 5.10. The third-order valence-electron chi connectivity index (χ3n) is 5.76. The van der Waals surface area contributed by atoms with Crippen LogP contribution in [0.4, 0.5) is 5.69 Å². The maximum absolute atomic E-state index is 13.1. The van der Waals surface area contributed by atoms with Crippen LogP contribution in [-0.4, -0.2) is 42.0 Å². The van der Waals surface area contributed by atoms with Gasteiger partial charge in [0.1, 0.15) is 28.6 Å². The lowest BCUT2D eigenvalue weighted by Crippen LogP contribution is -2.26. The van der Waals surface area contributed by atoms with Crippen molar-refractivity contribution in [2.24, 2.45) is 7.05 Å². The fourth-order valence-corrected chi connectivity index (χ4v) is 4.60. The lowest BCUT2D eigenvalue weighted by molar-refractivity contribution is -0.136. The van der Waals surface area contributed by atoms with Gasteiger partial charge in [-0.05, 0) is 50.2 Å². The van der Waals surface area contributed by atoms with Gasteiger partial charge in [0.15, 0.2) is 17.3 Å². The van der Waals surface area contributed by atoms with Gasteiger partial charge in [0, 0.05) is 36.4 Å².